The Bertz CT molecular complexity index is 446. The van der Waals surface area contributed by atoms with Gasteiger partial charge in [0, 0.05) is 35.8 Å². The van der Waals surface area contributed by atoms with E-state index in [-0.39, 0.29) is 0 Å². The first-order chi connectivity index (χ1) is 7.79. The van der Waals surface area contributed by atoms with Crippen LogP contribution >= 0.6 is 0 Å². The van der Waals surface area contributed by atoms with Crippen LogP contribution in [0.2, 0.25) is 0 Å². The molecule has 3 heteroatoms. The summed E-state index contributed by atoms with van der Waals surface area (Å²) in [5.74, 6) is 0.909. The Hall–Kier alpha value is -1.90. The number of aryl methyl sites for hydroxylation is 1. The number of hydrogen-bond acceptors (Lipinski definition) is 3. The molecule has 0 unspecified atom stereocenters. The molecule has 16 heavy (non-hydrogen) atoms. The molecule has 2 heterocycles. The van der Waals surface area contributed by atoms with Crippen LogP contribution in [0.5, 0.6) is 0 Å². The smallest absolute Gasteiger partial charge is 0.125 e. The van der Waals surface area contributed by atoms with E-state index in [0.717, 1.165) is 29.2 Å². The van der Waals surface area contributed by atoms with Crippen molar-refractivity contribution in [3.63, 3.8) is 0 Å². The van der Waals surface area contributed by atoms with E-state index in [4.69, 9.17) is 0 Å². The number of rotatable bonds is 3. The van der Waals surface area contributed by atoms with Gasteiger partial charge in [0.25, 0.3) is 0 Å². The zero-order chi connectivity index (χ0) is 11.4. The lowest BCUT2D eigenvalue weighted by Crippen LogP contribution is -1.98. The van der Waals surface area contributed by atoms with Gasteiger partial charge < -0.3 is 5.32 Å². The van der Waals surface area contributed by atoms with Crippen molar-refractivity contribution in [1.29, 1.82) is 0 Å². The minimum Gasteiger partial charge on any atom is -0.370 e. The Morgan fingerprint density at radius 1 is 1.00 bits per heavy atom. The van der Waals surface area contributed by atoms with E-state index in [1.54, 1.807) is 0 Å². The fourth-order valence-electron chi connectivity index (χ4n) is 1.49. The average molecular weight is 213 g/mol. The maximum Gasteiger partial charge on any atom is 0.125 e. The summed E-state index contributed by atoms with van der Waals surface area (Å²) in [6.07, 6.45) is 3.74. The van der Waals surface area contributed by atoms with Crippen molar-refractivity contribution in [2.75, 3.05) is 11.9 Å². The van der Waals surface area contributed by atoms with Crippen LogP contribution in [-0.4, -0.2) is 16.5 Å². The van der Waals surface area contributed by atoms with Gasteiger partial charge in [0.05, 0.1) is 0 Å². The third kappa shape index (κ3) is 2.37. The highest BCUT2D eigenvalue weighted by atomic mass is 15.0. The molecule has 2 rings (SSSR count). The van der Waals surface area contributed by atoms with Gasteiger partial charge in [-0.05, 0) is 32.0 Å². The third-order valence-electron chi connectivity index (χ3n) is 2.37. The fraction of sp³-hybridized carbons (Fsp3) is 0.231. The van der Waals surface area contributed by atoms with Crippen LogP contribution in [0.15, 0.2) is 36.7 Å². The molecular weight excluding hydrogens is 198 g/mol. The minimum absolute atomic E-state index is 0.887. The van der Waals surface area contributed by atoms with Crippen LogP contribution < -0.4 is 5.32 Å². The predicted octanol–water partition coefficient (Wildman–Crippen LogP) is 2.88. The van der Waals surface area contributed by atoms with Gasteiger partial charge in [-0.3, -0.25) is 4.98 Å². The first kappa shape index (κ1) is 10.6. The fourth-order valence-corrected chi connectivity index (χ4v) is 1.49. The van der Waals surface area contributed by atoms with Gasteiger partial charge >= 0.3 is 0 Å². The Morgan fingerprint density at radius 3 is 2.19 bits per heavy atom. The van der Waals surface area contributed by atoms with E-state index in [2.05, 4.69) is 34.3 Å². The zero-order valence-electron chi connectivity index (χ0n) is 9.57. The van der Waals surface area contributed by atoms with Gasteiger partial charge in [0.1, 0.15) is 5.82 Å². The maximum atomic E-state index is 4.33. The van der Waals surface area contributed by atoms with Gasteiger partial charge in [-0.15, -0.1) is 0 Å². The van der Waals surface area contributed by atoms with Crippen molar-refractivity contribution in [2.45, 2.75) is 13.8 Å². The molecule has 1 N–H and O–H groups in total. The monoisotopic (exact) mass is 213 g/mol. The van der Waals surface area contributed by atoms with E-state index in [9.17, 15) is 0 Å². The number of aromatic nitrogens is 2. The Balaban J connectivity index is 2.24. The highest BCUT2D eigenvalue weighted by molar-refractivity contribution is 5.62. The van der Waals surface area contributed by atoms with Crippen LogP contribution in [-0.2, 0) is 0 Å². The molecule has 0 spiro atoms. The number of nitrogens with zero attached hydrogens (tertiary/aromatic N) is 2. The van der Waals surface area contributed by atoms with Crippen molar-refractivity contribution in [3.8, 4) is 11.1 Å². The van der Waals surface area contributed by atoms with Crippen molar-refractivity contribution in [1.82, 2.24) is 9.97 Å². The topological polar surface area (TPSA) is 37.8 Å². The second-order valence-corrected chi connectivity index (χ2v) is 3.65. The first-order valence-corrected chi connectivity index (χ1v) is 5.42. The molecule has 0 saturated heterocycles. The van der Waals surface area contributed by atoms with E-state index in [0.29, 0.717) is 0 Å². The van der Waals surface area contributed by atoms with Gasteiger partial charge in [-0.2, -0.15) is 0 Å². The number of anilines is 1. The summed E-state index contributed by atoms with van der Waals surface area (Å²) in [6, 6.07) is 8.11. The Kier molecular flexibility index (Phi) is 3.15. The molecule has 2 aromatic heterocycles. The first-order valence-electron chi connectivity index (χ1n) is 5.42. The standard InChI is InChI=1S/C13H15N3/c1-3-14-13-7-6-12(9-16-13)11-5-4-10(2)15-8-11/h4-9H,3H2,1-2H3,(H,14,16). The third-order valence-corrected chi connectivity index (χ3v) is 2.37. The largest absolute Gasteiger partial charge is 0.370 e. The minimum atomic E-state index is 0.887. The lowest BCUT2D eigenvalue weighted by molar-refractivity contribution is 1.16. The van der Waals surface area contributed by atoms with Gasteiger partial charge in [0.15, 0.2) is 0 Å². The van der Waals surface area contributed by atoms with Gasteiger partial charge in [-0.1, -0.05) is 6.07 Å². The summed E-state index contributed by atoms with van der Waals surface area (Å²) in [7, 11) is 0. The summed E-state index contributed by atoms with van der Waals surface area (Å²) >= 11 is 0. The van der Waals surface area contributed by atoms with Crippen LogP contribution in [0.3, 0.4) is 0 Å². The SMILES string of the molecule is CCNc1ccc(-c2ccc(C)nc2)cn1. The van der Waals surface area contributed by atoms with Crippen molar-refractivity contribution in [3.05, 3.63) is 42.4 Å². The highest BCUT2D eigenvalue weighted by Crippen LogP contribution is 2.18. The quantitative estimate of drug-likeness (QED) is 0.851. The number of hydrogen-bond donors (Lipinski definition) is 1. The van der Waals surface area contributed by atoms with E-state index < -0.39 is 0 Å². The molecule has 0 amide bonds. The Morgan fingerprint density at radius 2 is 1.69 bits per heavy atom. The highest BCUT2D eigenvalue weighted by Gasteiger charge is 1.98. The van der Waals surface area contributed by atoms with Crippen molar-refractivity contribution in [2.24, 2.45) is 0 Å². The lowest BCUT2D eigenvalue weighted by atomic mass is 10.1. The van der Waals surface area contributed by atoms with E-state index >= 15 is 0 Å². The molecule has 3 nitrogen and oxygen atoms in total. The maximum absolute atomic E-state index is 4.33. The summed E-state index contributed by atoms with van der Waals surface area (Å²) in [6.45, 7) is 4.92. The molecule has 0 bridgehead atoms. The molecule has 0 fully saturated rings. The summed E-state index contributed by atoms with van der Waals surface area (Å²) in [5, 5.41) is 3.17. The van der Waals surface area contributed by atoms with Crippen LogP contribution in [0.4, 0.5) is 5.82 Å². The van der Waals surface area contributed by atoms with Crippen molar-refractivity contribution < 1.29 is 0 Å². The molecule has 0 radical (unpaired) electrons. The van der Waals surface area contributed by atoms with Gasteiger partial charge in [-0.25, -0.2) is 4.98 Å². The van der Waals surface area contributed by atoms with E-state index in [1.807, 2.05) is 31.5 Å². The van der Waals surface area contributed by atoms with Gasteiger partial charge in [0.2, 0.25) is 0 Å². The predicted molar refractivity (Wildman–Crippen MR) is 66.4 cm³/mol. The number of pyridine rings is 2. The average Bonchev–Trinajstić information content (AvgIpc) is 2.32. The molecule has 0 saturated carbocycles. The second kappa shape index (κ2) is 4.75. The molecule has 0 aromatic carbocycles. The Labute approximate surface area is 95.6 Å². The zero-order valence-corrected chi connectivity index (χ0v) is 9.57. The number of nitrogens with one attached hydrogen (secondary N) is 1. The molecule has 0 aliphatic carbocycles. The van der Waals surface area contributed by atoms with Crippen LogP contribution in [0, 0.1) is 6.92 Å². The second-order valence-electron chi connectivity index (χ2n) is 3.65. The molecule has 0 atom stereocenters. The van der Waals surface area contributed by atoms with E-state index in [1.165, 1.54) is 0 Å². The molecular formula is C13H15N3. The molecule has 2 aromatic rings. The molecule has 0 aliphatic heterocycles. The molecule has 82 valence electrons. The van der Waals surface area contributed by atoms with Crippen LogP contribution in [0.25, 0.3) is 11.1 Å². The van der Waals surface area contributed by atoms with Crippen LogP contribution in [0.1, 0.15) is 12.6 Å². The lowest BCUT2D eigenvalue weighted by Gasteiger charge is -2.04. The molecule has 0 aliphatic rings. The van der Waals surface area contributed by atoms with Crippen molar-refractivity contribution >= 4 is 5.82 Å². The normalized spacial score (nSPS) is 10.1. The summed E-state index contributed by atoms with van der Waals surface area (Å²) in [5.41, 5.74) is 3.22. The summed E-state index contributed by atoms with van der Waals surface area (Å²) in [4.78, 5) is 8.60. The summed E-state index contributed by atoms with van der Waals surface area (Å²) < 4.78 is 0.